The van der Waals surface area contributed by atoms with E-state index in [4.69, 9.17) is 16.3 Å². The van der Waals surface area contributed by atoms with Gasteiger partial charge in [0.25, 0.3) is 0 Å². The van der Waals surface area contributed by atoms with Crippen molar-refractivity contribution >= 4 is 28.9 Å². The molecule has 1 aromatic heterocycles. The SMILES string of the molecule is CN=C(NCCCOCC(C)C)NCCc1ccc(Cl)s1. The summed E-state index contributed by atoms with van der Waals surface area (Å²) in [5.74, 6) is 1.43. The normalized spacial score (nSPS) is 12.0. The molecule has 120 valence electrons. The van der Waals surface area contributed by atoms with Crippen LogP contribution in [-0.2, 0) is 11.2 Å². The number of halogens is 1. The average molecular weight is 332 g/mol. The summed E-state index contributed by atoms with van der Waals surface area (Å²) in [7, 11) is 1.78. The van der Waals surface area contributed by atoms with Gasteiger partial charge in [0.05, 0.1) is 4.34 Å². The third-order valence-electron chi connectivity index (χ3n) is 2.73. The van der Waals surface area contributed by atoms with Crippen LogP contribution in [0, 0.1) is 5.92 Å². The van der Waals surface area contributed by atoms with Crippen molar-refractivity contribution in [3.8, 4) is 0 Å². The molecule has 1 aromatic rings. The molecule has 0 saturated heterocycles. The lowest BCUT2D eigenvalue weighted by atomic mass is 10.2. The van der Waals surface area contributed by atoms with Crippen LogP contribution in [0.1, 0.15) is 25.1 Å². The summed E-state index contributed by atoms with van der Waals surface area (Å²) >= 11 is 7.53. The molecular formula is C15H26ClN3OS. The number of nitrogens with one attached hydrogen (secondary N) is 2. The fraction of sp³-hybridized carbons (Fsp3) is 0.667. The maximum atomic E-state index is 5.91. The fourth-order valence-electron chi connectivity index (χ4n) is 1.71. The van der Waals surface area contributed by atoms with Gasteiger partial charge in [0.1, 0.15) is 0 Å². The topological polar surface area (TPSA) is 45.7 Å². The number of ether oxygens (including phenoxy) is 1. The predicted molar refractivity (Wildman–Crippen MR) is 92.7 cm³/mol. The van der Waals surface area contributed by atoms with Gasteiger partial charge >= 0.3 is 0 Å². The molecule has 6 heteroatoms. The highest BCUT2D eigenvalue weighted by atomic mass is 35.5. The van der Waals surface area contributed by atoms with Gasteiger partial charge in [-0.1, -0.05) is 25.4 Å². The van der Waals surface area contributed by atoms with Crippen LogP contribution in [0.4, 0.5) is 0 Å². The number of hydrogen-bond donors (Lipinski definition) is 2. The molecule has 2 N–H and O–H groups in total. The molecular weight excluding hydrogens is 306 g/mol. The van der Waals surface area contributed by atoms with Gasteiger partial charge in [-0.15, -0.1) is 11.3 Å². The number of rotatable bonds is 9. The van der Waals surface area contributed by atoms with Crippen LogP contribution < -0.4 is 10.6 Å². The van der Waals surface area contributed by atoms with Crippen molar-refractivity contribution in [3.63, 3.8) is 0 Å². The summed E-state index contributed by atoms with van der Waals surface area (Å²) in [5.41, 5.74) is 0. The molecule has 0 amide bonds. The summed E-state index contributed by atoms with van der Waals surface area (Å²) in [6.45, 7) is 7.64. The lowest BCUT2D eigenvalue weighted by Crippen LogP contribution is -2.38. The zero-order valence-electron chi connectivity index (χ0n) is 13.1. The van der Waals surface area contributed by atoms with Crippen LogP contribution in [0.15, 0.2) is 17.1 Å². The van der Waals surface area contributed by atoms with Crippen LogP contribution in [0.2, 0.25) is 4.34 Å². The smallest absolute Gasteiger partial charge is 0.190 e. The Hall–Kier alpha value is -0.780. The average Bonchev–Trinajstić information content (AvgIpc) is 2.86. The van der Waals surface area contributed by atoms with E-state index in [1.54, 1.807) is 18.4 Å². The Bertz CT molecular complexity index is 421. The Morgan fingerprint density at radius 1 is 1.33 bits per heavy atom. The minimum absolute atomic E-state index is 0.596. The molecule has 0 unspecified atom stereocenters. The lowest BCUT2D eigenvalue weighted by molar-refractivity contribution is 0.108. The van der Waals surface area contributed by atoms with Crippen LogP contribution in [-0.4, -0.2) is 39.3 Å². The van der Waals surface area contributed by atoms with Gasteiger partial charge in [0.15, 0.2) is 5.96 Å². The van der Waals surface area contributed by atoms with E-state index in [-0.39, 0.29) is 0 Å². The van der Waals surface area contributed by atoms with E-state index in [0.29, 0.717) is 5.92 Å². The minimum atomic E-state index is 0.596. The van der Waals surface area contributed by atoms with Gasteiger partial charge in [-0.05, 0) is 30.9 Å². The molecule has 0 aliphatic heterocycles. The van der Waals surface area contributed by atoms with E-state index >= 15 is 0 Å². The summed E-state index contributed by atoms with van der Waals surface area (Å²) < 4.78 is 6.38. The van der Waals surface area contributed by atoms with Crippen molar-refractivity contribution in [1.29, 1.82) is 0 Å². The standard InChI is InChI=1S/C15H26ClN3OS/c1-12(2)11-20-10-4-8-18-15(17-3)19-9-7-13-5-6-14(16)21-13/h5-6,12H,4,7-11H2,1-3H3,(H2,17,18,19). The number of nitrogens with zero attached hydrogens (tertiary/aromatic N) is 1. The molecule has 0 spiro atoms. The number of aliphatic imine (C=N–C) groups is 1. The first-order valence-electron chi connectivity index (χ1n) is 7.38. The minimum Gasteiger partial charge on any atom is -0.381 e. The first-order chi connectivity index (χ1) is 10.1. The number of guanidine groups is 1. The first-order valence-corrected chi connectivity index (χ1v) is 8.57. The van der Waals surface area contributed by atoms with Gasteiger partial charge in [0, 0.05) is 38.2 Å². The zero-order chi connectivity index (χ0) is 15.5. The molecule has 21 heavy (non-hydrogen) atoms. The summed E-state index contributed by atoms with van der Waals surface area (Å²) in [6, 6.07) is 4.00. The second kappa shape index (κ2) is 10.9. The number of hydrogen-bond acceptors (Lipinski definition) is 3. The Kier molecular flexibility index (Phi) is 9.46. The van der Waals surface area contributed by atoms with Crippen molar-refractivity contribution in [2.45, 2.75) is 26.7 Å². The van der Waals surface area contributed by atoms with Crippen LogP contribution in [0.3, 0.4) is 0 Å². The molecule has 0 fully saturated rings. The Labute approximate surface area is 136 Å². The van der Waals surface area contributed by atoms with Crippen LogP contribution in [0.25, 0.3) is 0 Å². The largest absolute Gasteiger partial charge is 0.381 e. The molecule has 1 rings (SSSR count). The second-order valence-electron chi connectivity index (χ2n) is 5.20. The highest BCUT2D eigenvalue weighted by Gasteiger charge is 2.00. The van der Waals surface area contributed by atoms with E-state index < -0.39 is 0 Å². The highest BCUT2D eigenvalue weighted by Crippen LogP contribution is 2.21. The summed E-state index contributed by atoms with van der Waals surface area (Å²) in [5, 5.41) is 6.58. The van der Waals surface area contributed by atoms with Crippen LogP contribution >= 0.6 is 22.9 Å². The van der Waals surface area contributed by atoms with E-state index in [1.807, 2.05) is 6.07 Å². The molecule has 0 aliphatic rings. The van der Waals surface area contributed by atoms with E-state index in [0.717, 1.165) is 49.4 Å². The van der Waals surface area contributed by atoms with Crippen molar-refractivity contribution in [3.05, 3.63) is 21.3 Å². The van der Waals surface area contributed by atoms with Gasteiger partial charge in [-0.3, -0.25) is 4.99 Å². The summed E-state index contributed by atoms with van der Waals surface area (Å²) in [6.07, 6.45) is 1.93. The molecule has 0 aromatic carbocycles. The molecule has 0 radical (unpaired) electrons. The zero-order valence-corrected chi connectivity index (χ0v) is 14.7. The second-order valence-corrected chi connectivity index (χ2v) is 7.00. The molecule has 1 heterocycles. The quantitative estimate of drug-likeness (QED) is 0.415. The molecule has 4 nitrogen and oxygen atoms in total. The fourth-order valence-corrected chi connectivity index (χ4v) is 2.80. The molecule has 0 atom stereocenters. The third-order valence-corrected chi connectivity index (χ3v) is 4.02. The Balaban J connectivity index is 2.06. The van der Waals surface area contributed by atoms with Crippen molar-refractivity contribution in [2.24, 2.45) is 10.9 Å². The molecule has 0 saturated carbocycles. The first kappa shape index (κ1) is 18.3. The van der Waals surface area contributed by atoms with Crippen molar-refractivity contribution in [2.75, 3.05) is 33.4 Å². The van der Waals surface area contributed by atoms with Gasteiger partial charge in [0.2, 0.25) is 0 Å². The number of thiophene rings is 1. The Morgan fingerprint density at radius 2 is 2.10 bits per heavy atom. The molecule has 0 bridgehead atoms. The summed E-state index contributed by atoms with van der Waals surface area (Å²) in [4.78, 5) is 5.48. The van der Waals surface area contributed by atoms with E-state index in [9.17, 15) is 0 Å². The monoisotopic (exact) mass is 331 g/mol. The maximum Gasteiger partial charge on any atom is 0.190 e. The Morgan fingerprint density at radius 3 is 2.71 bits per heavy atom. The maximum absolute atomic E-state index is 5.91. The highest BCUT2D eigenvalue weighted by molar-refractivity contribution is 7.16. The van der Waals surface area contributed by atoms with Gasteiger partial charge in [-0.2, -0.15) is 0 Å². The van der Waals surface area contributed by atoms with E-state index in [2.05, 4.69) is 35.5 Å². The van der Waals surface area contributed by atoms with Gasteiger partial charge < -0.3 is 15.4 Å². The predicted octanol–water partition coefficient (Wildman–Crippen LogP) is 3.17. The van der Waals surface area contributed by atoms with Crippen LogP contribution in [0.5, 0.6) is 0 Å². The van der Waals surface area contributed by atoms with E-state index in [1.165, 1.54) is 4.88 Å². The van der Waals surface area contributed by atoms with Gasteiger partial charge in [-0.25, -0.2) is 0 Å². The van der Waals surface area contributed by atoms with Crippen molar-refractivity contribution < 1.29 is 4.74 Å². The molecule has 0 aliphatic carbocycles. The van der Waals surface area contributed by atoms with Crippen molar-refractivity contribution in [1.82, 2.24) is 10.6 Å². The lowest BCUT2D eigenvalue weighted by Gasteiger charge is -2.12. The third kappa shape index (κ3) is 8.96.